The van der Waals surface area contributed by atoms with Gasteiger partial charge in [-0.2, -0.15) is 4.98 Å². The second kappa shape index (κ2) is 6.48. The average molecular weight is 244 g/mol. The van der Waals surface area contributed by atoms with E-state index < -0.39 is 0 Å². The van der Waals surface area contributed by atoms with Crippen LogP contribution < -0.4 is 10.6 Å². The van der Waals surface area contributed by atoms with Gasteiger partial charge in [-0.3, -0.25) is 0 Å². The molecule has 2 aromatic heterocycles. The van der Waals surface area contributed by atoms with Crippen LogP contribution in [0.5, 0.6) is 0 Å². The molecular weight excluding hydrogens is 228 g/mol. The monoisotopic (exact) mass is 244 g/mol. The lowest BCUT2D eigenvalue weighted by Gasteiger charge is -2.07. The van der Waals surface area contributed by atoms with E-state index in [1.54, 1.807) is 12.4 Å². The van der Waals surface area contributed by atoms with Crippen LogP contribution in [0.3, 0.4) is 0 Å². The number of nitrogens with one attached hydrogen (secondary N) is 2. The maximum absolute atomic E-state index is 4.35. The van der Waals surface area contributed by atoms with Gasteiger partial charge in [-0.15, -0.1) is 0 Å². The zero-order chi connectivity index (χ0) is 12.6. The lowest BCUT2D eigenvalue weighted by atomic mass is 10.4. The van der Waals surface area contributed by atoms with E-state index in [0.29, 0.717) is 12.5 Å². The molecule has 6 nitrogen and oxygen atoms in total. The van der Waals surface area contributed by atoms with Crippen LogP contribution in [0.2, 0.25) is 0 Å². The predicted octanol–water partition coefficient (Wildman–Crippen LogP) is 1.70. The molecule has 2 N–H and O–H groups in total. The highest BCUT2D eigenvalue weighted by Gasteiger charge is 1.99. The second-order valence-corrected chi connectivity index (χ2v) is 3.75. The van der Waals surface area contributed by atoms with Gasteiger partial charge in [0.2, 0.25) is 5.95 Å². The van der Waals surface area contributed by atoms with Crippen molar-refractivity contribution in [2.45, 2.75) is 19.9 Å². The molecule has 2 heterocycles. The highest BCUT2D eigenvalue weighted by atomic mass is 15.1. The van der Waals surface area contributed by atoms with Gasteiger partial charge >= 0.3 is 0 Å². The summed E-state index contributed by atoms with van der Waals surface area (Å²) in [5, 5.41) is 6.34. The molecule has 0 amide bonds. The number of hydrogen-bond donors (Lipinski definition) is 2. The fraction of sp³-hybridized carbons (Fsp3) is 0.333. The first-order valence-electron chi connectivity index (χ1n) is 5.94. The van der Waals surface area contributed by atoms with Crippen molar-refractivity contribution in [1.82, 2.24) is 19.9 Å². The van der Waals surface area contributed by atoms with Gasteiger partial charge in [0.1, 0.15) is 12.1 Å². The predicted molar refractivity (Wildman–Crippen MR) is 70.2 cm³/mol. The zero-order valence-electron chi connectivity index (χ0n) is 10.3. The van der Waals surface area contributed by atoms with E-state index in [1.165, 1.54) is 6.33 Å². The molecule has 0 fully saturated rings. The summed E-state index contributed by atoms with van der Waals surface area (Å²) in [7, 11) is 0. The summed E-state index contributed by atoms with van der Waals surface area (Å²) in [6.07, 6.45) is 6.03. The van der Waals surface area contributed by atoms with E-state index in [2.05, 4.69) is 37.5 Å². The molecule has 0 atom stereocenters. The molecule has 0 aromatic carbocycles. The van der Waals surface area contributed by atoms with Crippen molar-refractivity contribution in [3.05, 3.63) is 36.5 Å². The van der Waals surface area contributed by atoms with Gasteiger partial charge in [0.15, 0.2) is 0 Å². The van der Waals surface area contributed by atoms with Crippen molar-refractivity contribution < 1.29 is 0 Å². The molecule has 0 unspecified atom stereocenters. The third kappa shape index (κ3) is 3.65. The molecule has 6 heteroatoms. The molecule has 0 bridgehead atoms. The van der Waals surface area contributed by atoms with Gasteiger partial charge in [0.05, 0.1) is 12.2 Å². The molecule has 0 aliphatic rings. The molecule has 2 aromatic rings. The third-order valence-electron chi connectivity index (χ3n) is 2.28. The molecule has 0 aliphatic heterocycles. The minimum absolute atomic E-state index is 0.618. The first-order chi connectivity index (χ1) is 8.88. The Labute approximate surface area is 106 Å². The van der Waals surface area contributed by atoms with Gasteiger partial charge in [0, 0.05) is 18.9 Å². The van der Waals surface area contributed by atoms with E-state index in [0.717, 1.165) is 24.5 Å². The van der Waals surface area contributed by atoms with Crippen molar-refractivity contribution in [2.75, 3.05) is 17.2 Å². The Morgan fingerprint density at radius 2 is 2.06 bits per heavy atom. The number of hydrogen-bond acceptors (Lipinski definition) is 6. The lowest BCUT2D eigenvalue weighted by molar-refractivity contribution is 0.946. The van der Waals surface area contributed by atoms with Crippen molar-refractivity contribution >= 4 is 11.8 Å². The second-order valence-electron chi connectivity index (χ2n) is 3.75. The number of anilines is 2. The number of rotatable bonds is 6. The number of aromatic nitrogens is 4. The summed E-state index contributed by atoms with van der Waals surface area (Å²) in [6.45, 7) is 3.59. The molecule has 0 aliphatic carbocycles. The van der Waals surface area contributed by atoms with Crippen molar-refractivity contribution in [3.63, 3.8) is 0 Å². The quantitative estimate of drug-likeness (QED) is 0.805. The maximum Gasteiger partial charge on any atom is 0.224 e. The van der Waals surface area contributed by atoms with E-state index in [9.17, 15) is 0 Å². The summed E-state index contributed by atoms with van der Waals surface area (Å²) in [5.74, 6) is 1.42. The Morgan fingerprint density at radius 1 is 1.11 bits per heavy atom. The Balaban J connectivity index is 1.93. The Kier molecular flexibility index (Phi) is 4.40. The fourth-order valence-corrected chi connectivity index (χ4v) is 1.38. The molecule has 18 heavy (non-hydrogen) atoms. The van der Waals surface area contributed by atoms with Gasteiger partial charge in [-0.1, -0.05) is 6.92 Å². The highest BCUT2D eigenvalue weighted by molar-refractivity contribution is 5.39. The lowest BCUT2D eigenvalue weighted by Crippen LogP contribution is -2.07. The van der Waals surface area contributed by atoms with E-state index >= 15 is 0 Å². The topological polar surface area (TPSA) is 75.6 Å². The van der Waals surface area contributed by atoms with Crippen LogP contribution in [-0.4, -0.2) is 26.5 Å². The van der Waals surface area contributed by atoms with Crippen LogP contribution >= 0.6 is 0 Å². The van der Waals surface area contributed by atoms with Crippen LogP contribution in [0.25, 0.3) is 0 Å². The highest BCUT2D eigenvalue weighted by Crippen LogP contribution is 2.06. The van der Waals surface area contributed by atoms with Crippen LogP contribution in [-0.2, 0) is 6.54 Å². The zero-order valence-corrected chi connectivity index (χ0v) is 10.3. The van der Waals surface area contributed by atoms with E-state index in [1.807, 2.05) is 12.1 Å². The molecule has 0 saturated heterocycles. The van der Waals surface area contributed by atoms with Crippen molar-refractivity contribution in [2.24, 2.45) is 0 Å². The van der Waals surface area contributed by atoms with E-state index in [4.69, 9.17) is 0 Å². The largest absolute Gasteiger partial charge is 0.364 e. The molecule has 0 radical (unpaired) electrons. The molecule has 2 rings (SSSR count). The average Bonchev–Trinajstić information content (AvgIpc) is 2.44. The van der Waals surface area contributed by atoms with Gasteiger partial charge in [-0.25, -0.2) is 15.0 Å². The van der Waals surface area contributed by atoms with Crippen LogP contribution in [0.15, 0.2) is 30.9 Å². The third-order valence-corrected chi connectivity index (χ3v) is 2.28. The number of nitrogens with zero attached hydrogens (tertiary/aromatic N) is 4. The van der Waals surface area contributed by atoms with Crippen LogP contribution in [0, 0.1) is 0 Å². The molecule has 0 saturated carbocycles. The van der Waals surface area contributed by atoms with Crippen LogP contribution in [0.4, 0.5) is 11.8 Å². The normalized spacial score (nSPS) is 10.1. The molecular formula is C12H16N6. The van der Waals surface area contributed by atoms with Crippen molar-refractivity contribution in [3.8, 4) is 0 Å². The SMILES string of the molecule is CCCNc1nccc(NCc2ccncn2)n1. The summed E-state index contributed by atoms with van der Waals surface area (Å²) >= 11 is 0. The fourth-order valence-electron chi connectivity index (χ4n) is 1.38. The Morgan fingerprint density at radius 3 is 2.83 bits per heavy atom. The summed E-state index contributed by atoms with van der Waals surface area (Å²) in [6, 6.07) is 3.70. The minimum atomic E-state index is 0.618. The Bertz CT molecular complexity index is 473. The summed E-state index contributed by atoms with van der Waals surface area (Å²) in [5.41, 5.74) is 0.923. The Hall–Kier alpha value is -2.24. The van der Waals surface area contributed by atoms with Gasteiger partial charge < -0.3 is 10.6 Å². The van der Waals surface area contributed by atoms with Crippen LogP contribution in [0.1, 0.15) is 19.0 Å². The van der Waals surface area contributed by atoms with Crippen molar-refractivity contribution in [1.29, 1.82) is 0 Å². The molecule has 94 valence electrons. The smallest absolute Gasteiger partial charge is 0.224 e. The minimum Gasteiger partial charge on any atom is -0.364 e. The van der Waals surface area contributed by atoms with Gasteiger partial charge in [0.25, 0.3) is 0 Å². The molecule has 0 spiro atoms. The summed E-state index contributed by atoms with van der Waals surface area (Å²) in [4.78, 5) is 16.5. The first-order valence-corrected chi connectivity index (χ1v) is 5.94. The standard InChI is InChI=1S/C12H16N6/c1-2-5-14-12-15-7-4-11(18-12)16-8-10-3-6-13-9-17-10/h3-4,6-7,9H,2,5,8H2,1H3,(H2,14,15,16,18). The van der Waals surface area contributed by atoms with Gasteiger partial charge in [-0.05, 0) is 18.6 Å². The maximum atomic E-state index is 4.35. The first kappa shape index (κ1) is 12.2. The van der Waals surface area contributed by atoms with E-state index in [-0.39, 0.29) is 0 Å². The summed E-state index contributed by atoms with van der Waals surface area (Å²) < 4.78 is 0.